The van der Waals surface area contributed by atoms with E-state index in [-0.39, 0.29) is 73.8 Å². The Bertz CT molecular complexity index is 3830. The van der Waals surface area contributed by atoms with Crippen LogP contribution in [0.15, 0.2) is 177 Å². The summed E-state index contributed by atoms with van der Waals surface area (Å²) < 4.78 is 110. The molecule has 7 aromatic rings. The fourth-order valence-corrected chi connectivity index (χ4v) is 8.94. The van der Waals surface area contributed by atoms with Crippen LogP contribution in [0.5, 0.6) is 11.5 Å². The standard InChI is InChI=1S/C45H36N10O13S3/c1-3-68-37-23-36(50-49-35-18-11-27(46)21-38(35)70(62,63)64)34-22-31(69(59,60)61)15-17-33(34)41(37)52-53-42-39(71(65,66)67)20-26-19-29(14-16-32(26)43(42)56)47-44(57)25-9-12-28(13-10-25)48-51-40-24(2)54-55(45(40)58)30-7-5-4-6-8-30/h4-23,40,56H,3,46H2,1-2H3,(H,47,57)(H,59,60,61)(H,62,63,64)(H,65,66,67). The normalized spacial score (nSPS) is 15.0. The van der Waals surface area contributed by atoms with Gasteiger partial charge in [-0.25, -0.2) is 4.99 Å². The van der Waals surface area contributed by atoms with Gasteiger partial charge in [0, 0.05) is 33.5 Å². The van der Waals surface area contributed by atoms with E-state index in [1.807, 2.05) is 6.07 Å². The van der Waals surface area contributed by atoms with Crippen molar-refractivity contribution in [3.63, 3.8) is 0 Å². The molecule has 1 unspecified atom stereocenters. The molecule has 8 rings (SSSR count). The average molecular weight is 1020 g/mol. The lowest BCUT2D eigenvalue weighted by Crippen LogP contribution is -2.29. The summed E-state index contributed by atoms with van der Waals surface area (Å²) in [7, 11) is -14.9. The van der Waals surface area contributed by atoms with Crippen molar-refractivity contribution < 1.29 is 58.7 Å². The zero-order valence-electron chi connectivity index (χ0n) is 36.7. The van der Waals surface area contributed by atoms with Crippen LogP contribution in [0.2, 0.25) is 0 Å². The number of hydrogen-bond donors (Lipinski definition) is 6. The fraction of sp³-hybridized carbons (Fsp3) is 0.0889. The van der Waals surface area contributed by atoms with Crippen molar-refractivity contribution in [2.75, 3.05) is 17.3 Å². The molecule has 0 aliphatic carbocycles. The van der Waals surface area contributed by atoms with Crippen molar-refractivity contribution in [2.45, 2.75) is 34.6 Å². The van der Waals surface area contributed by atoms with Crippen LogP contribution in [-0.4, -0.2) is 79.3 Å². The first-order chi connectivity index (χ1) is 33.6. The number of phenols is 1. The number of amides is 1. The molecule has 0 fully saturated rings. The molecule has 1 heterocycles. The number of aliphatic imine (C=N–C) groups is 1. The van der Waals surface area contributed by atoms with E-state index in [1.165, 1.54) is 65.7 Å². The van der Waals surface area contributed by atoms with Gasteiger partial charge in [0.15, 0.2) is 11.8 Å². The first-order valence-corrected chi connectivity index (χ1v) is 24.8. The number of carbonyl (C=O) groups is 1. The summed E-state index contributed by atoms with van der Waals surface area (Å²) >= 11 is 0. The Morgan fingerprint density at radius 3 is 2.03 bits per heavy atom. The Morgan fingerprint density at radius 2 is 1.35 bits per heavy atom. The van der Waals surface area contributed by atoms with Crippen LogP contribution in [0.3, 0.4) is 0 Å². The molecule has 1 aliphatic rings. The van der Waals surface area contributed by atoms with Crippen LogP contribution in [0, 0.1) is 0 Å². The van der Waals surface area contributed by atoms with Crippen molar-refractivity contribution >= 4 is 115 Å². The molecule has 1 atom stereocenters. The summed E-state index contributed by atoms with van der Waals surface area (Å²) in [6.45, 7) is 3.23. The molecule has 71 heavy (non-hydrogen) atoms. The van der Waals surface area contributed by atoms with Gasteiger partial charge in [0.2, 0.25) is 5.90 Å². The van der Waals surface area contributed by atoms with Gasteiger partial charge in [-0.2, -0.15) is 45.6 Å². The maximum Gasteiger partial charge on any atom is 0.296 e. The summed E-state index contributed by atoms with van der Waals surface area (Å²) in [6, 6.07) is 26.7. The number of nitrogens with two attached hydrogens (primary N) is 1. The van der Waals surface area contributed by atoms with Crippen molar-refractivity contribution in [3.05, 3.63) is 127 Å². The Balaban J connectivity index is 1.12. The number of benzene rings is 7. The number of hydrazone groups is 1. The number of nitrogen functional groups attached to an aromatic ring is 1. The number of nitrogens with zero attached hydrogens (tertiary/aromatic N) is 9. The van der Waals surface area contributed by atoms with E-state index in [0.717, 1.165) is 30.3 Å². The SMILES string of the molecule is CCOc1cc(N=Nc2ccc(N)cc2S(=O)(=O)O)c2cc(S(=O)(=O)O)ccc2c1N=Nc1c(S(=O)(=O)O)cc2cc(N=C(O)c3ccc(N=NC4C(=O)N(c5ccccc5)N=C4C)cc3)ccc2c1O. The van der Waals surface area contributed by atoms with E-state index in [0.29, 0.717) is 17.1 Å². The van der Waals surface area contributed by atoms with Gasteiger partial charge in [0.25, 0.3) is 36.3 Å². The number of hydrogen-bond acceptors (Lipinski definition) is 18. The summed E-state index contributed by atoms with van der Waals surface area (Å²) in [5, 5.41) is 52.6. The zero-order chi connectivity index (χ0) is 51.0. The van der Waals surface area contributed by atoms with E-state index in [1.54, 1.807) is 38.1 Å². The van der Waals surface area contributed by atoms with Crippen LogP contribution in [0.1, 0.15) is 19.4 Å². The summed E-state index contributed by atoms with van der Waals surface area (Å²) in [6.07, 6.45) is 0. The second kappa shape index (κ2) is 19.2. The lowest BCUT2D eigenvalue weighted by molar-refractivity contribution is -0.117. The van der Waals surface area contributed by atoms with Gasteiger partial charge in [-0.1, -0.05) is 24.3 Å². The summed E-state index contributed by atoms with van der Waals surface area (Å²) in [5.41, 5.74) is 5.91. The lowest BCUT2D eigenvalue weighted by atomic mass is 10.1. The molecule has 0 radical (unpaired) electrons. The number of ether oxygens (including phenoxy) is 1. The monoisotopic (exact) mass is 1020 g/mol. The number of fused-ring (bicyclic) bond motifs is 2. The molecule has 0 aromatic heterocycles. The third-order valence-electron chi connectivity index (χ3n) is 10.5. The van der Waals surface area contributed by atoms with Crippen LogP contribution in [-0.2, 0) is 35.1 Å². The number of anilines is 2. The minimum absolute atomic E-state index is 0.00259. The highest BCUT2D eigenvalue weighted by Gasteiger charge is 2.34. The van der Waals surface area contributed by atoms with Crippen molar-refractivity contribution in [1.82, 2.24) is 0 Å². The Morgan fingerprint density at radius 1 is 0.690 bits per heavy atom. The molecule has 7 N–H and O–H groups in total. The number of aliphatic hydroxyl groups excluding tert-OH is 1. The molecule has 26 heteroatoms. The molecule has 0 saturated carbocycles. The van der Waals surface area contributed by atoms with E-state index < -0.39 is 68.4 Å². The van der Waals surface area contributed by atoms with Gasteiger partial charge < -0.3 is 20.7 Å². The minimum Gasteiger partial charge on any atom is -0.505 e. The van der Waals surface area contributed by atoms with E-state index in [9.17, 15) is 53.9 Å². The Hall–Kier alpha value is -8.40. The van der Waals surface area contributed by atoms with Gasteiger partial charge >= 0.3 is 0 Å². The van der Waals surface area contributed by atoms with Crippen molar-refractivity contribution in [2.24, 2.45) is 40.8 Å². The molecule has 23 nitrogen and oxygen atoms in total. The van der Waals surface area contributed by atoms with Crippen LogP contribution < -0.4 is 15.5 Å². The van der Waals surface area contributed by atoms with Crippen LogP contribution in [0.4, 0.5) is 45.5 Å². The number of phenolic OH excluding ortho intramolecular Hbond substituents is 1. The maximum atomic E-state index is 13.0. The maximum absolute atomic E-state index is 13.0. The first kappa shape index (κ1) is 49.0. The Labute approximate surface area is 403 Å². The van der Waals surface area contributed by atoms with Gasteiger partial charge in [-0.05, 0) is 110 Å². The highest BCUT2D eigenvalue weighted by atomic mass is 32.2. The molecule has 0 saturated heterocycles. The quantitative estimate of drug-likeness (QED) is 0.0194. The molecule has 1 amide bonds. The zero-order valence-corrected chi connectivity index (χ0v) is 39.1. The van der Waals surface area contributed by atoms with Crippen LogP contribution in [0.25, 0.3) is 21.5 Å². The molecule has 0 bridgehead atoms. The van der Waals surface area contributed by atoms with E-state index in [2.05, 4.69) is 40.8 Å². The molecular weight excluding hydrogens is 985 g/mol. The fourth-order valence-electron chi connectivity index (χ4n) is 7.12. The molecule has 0 spiro atoms. The second-order valence-electron chi connectivity index (χ2n) is 15.2. The predicted octanol–water partition coefficient (Wildman–Crippen LogP) is 9.76. The Kier molecular flexibility index (Phi) is 13.2. The predicted molar refractivity (Wildman–Crippen MR) is 260 cm³/mol. The van der Waals surface area contributed by atoms with Gasteiger partial charge in [0.1, 0.15) is 32.6 Å². The lowest BCUT2D eigenvalue weighted by Gasteiger charge is -2.13. The topological polar surface area (TPSA) is 358 Å². The highest BCUT2D eigenvalue weighted by molar-refractivity contribution is 7.86. The van der Waals surface area contributed by atoms with E-state index >= 15 is 0 Å². The van der Waals surface area contributed by atoms with Crippen LogP contribution >= 0.6 is 0 Å². The molecular formula is C45H36N10O13S3. The highest BCUT2D eigenvalue weighted by Crippen LogP contribution is 2.47. The number of carbonyl (C=O) groups excluding carboxylic acids is 1. The largest absolute Gasteiger partial charge is 0.505 e. The summed E-state index contributed by atoms with van der Waals surface area (Å²) in [5.74, 6) is -1.73. The van der Waals surface area contributed by atoms with Gasteiger partial charge in [-0.3, -0.25) is 18.5 Å². The third kappa shape index (κ3) is 10.5. The average Bonchev–Trinajstić information content (AvgIpc) is 3.61. The van der Waals surface area contributed by atoms with E-state index in [4.69, 9.17) is 10.5 Å². The minimum atomic E-state index is -5.17. The van der Waals surface area contributed by atoms with Gasteiger partial charge in [-0.15, -0.1) is 20.5 Å². The molecule has 7 aromatic carbocycles. The third-order valence-corrected chi connectivity index (χ3v) is 13.1. The first-order valence-electron chi connectivity index (χ1n) is 20.5. The number of rotatable bonds is 14. The second-order valence-corrected chi connectivity index (χ2v) is 19.4. The van der Waals surface area contributed by atoms with Crippen molar-refractivity contribution in [3.8, 4) is 11.5 Å². The smallest absolute Gasteiger partial charge is 0.296 e. The number of azo groups is 3. The molecule has 362 valence electrons. The van der Waals surface area contributed by atoms with Gasteiger partial charge in [0.05, 0.1) is 40.0 Å². The molecule has 1 aliphatic heterocycles. The number of para-hydroxylation sites is 1. The number of aliphatic hydroxyl groups is 1. The van der Waals surface area contributed by atoms with Crippen molar-refractivity contribution in [1.29, 1.82) is 0 Å². The number of aromatic hydroxyl groups is 1. The summed E-state index contributed by atoms with van der Waals surface area (Å²) in [4.78, 5) is 15.0.